The number of ether oxygens (including phenoxy) is 1. The van der Waals surface area contributed by atoms with Gasteiger partial charge in [0, 0.05) is 21.1 Å². The molecule has 0 radical (unpaired) electrons. The molecule has 8 heteroatoms. The van der Waals surface area contributed by atoms with E-state index in [1.165, 1.54) is 16.9 Å². The largest absolute Gasteiger partial charge is 0.496 e. The Morgan fingerprint density at radius 3 is 2.81 bits per heavy atom. The first-order valence-electron chi connectivity index (χ1n) is 8.13. The van der Waals surface area contributed by atoms with Crippen LogP contribution in [0.15, 0.2) is 53.4 Å². The average Bonchev–Trinajstić information content (AvgIpc) is 3.10. The molecule has 1 aliphatic heterocycles. The van der Waals surface area contributed by atoms with E-state index in [0.717, 1.165) is 17.0 Å². The lowest BCUT2D eigenvalue weighted by atomic mass is 10.1. The molecule has 0 unspecified atom stereocenters. The van der Waals surface area contributed by atoms with Crippen LogP contribution in [0.25, 0.3) is 11.3 Å². The van der Waals surface area contributed by atoms with Crippen molar-refractivity contribution < 1.29 is 9.53 Å². The molecule has 1 aromatic heterocycles. The molecule has 136 valence electrons. The molecule has 2 heterocycles. The smallest absolute Gasteiger partial charge is 0.261 e. The summed E-state index contributed by atoms with van der Waals surface area (Å²) in [5.41, 5.74) is 2.54. The van der Waals surface area contributed by atoms with Gasteiger partial charge in [-0.25, -0.2) is 4.98 Å². The van der Waals surface area contributed by atoms with Crippen LogP contribution >= 0.6 is 35.3 Å². The highest BCUT2D eigenvalue weighted by Crippen LogP contribution is 2.44. The van der Waals surface area contributed by atoms with Crippen molar-refractivity contribution in [3.05, 3.63) is 59.0 Å². The number of fused-ring (bicyclic) bond motifs is 3. The summed E-state index contributed by atoms with van der Waals surface area (Å²) in [7, 11) is 1.53. The van der Waals surface area contributed by atoms with Gasteiger partial charge >= 0.3 is 0 Å². The number of carbonyl (C=O) groups excluding carboxylic acids is 1. The van der Waals surface area contributed by atoms with E-state index in [0.29, 0.717) is 16.4 Å². The fourth-order valence-electron chi connectivity index (χ4n) is 2.78. The SMILES string of the molecule is COc1ccccc1C(=O)NC(=S)Nc1nc2c(s1)CSc1ccccc1-2. The highest BCUT2D eigenvalue weighted by Gasteiger charge is 2.21. The van der Waals surface area contributed by atoms with Crippen molar-refractivity contribution in [2.24, 2.45) is 0 Å². The van der Waals surface area contributed by atoms with Crippen LogP contribution in [0.4, 0.5) is 5.13 Å². The standard InChI is InChI=1S/C19H15N3O2S3/c1-24-13-8-4-2-6-11(13)17(23)21-18(25)22-19-20-16-12-7-3-5-9-14(12)26-10-15(16)27-19/h2-9H,10H2,1H3,(H2,20,21,22,23,25). The van der Waals surface area contributed by atoms with E-state index in [9.17, 15) is 4.79 Å². The van der Waals surface area contributed by atoms with E-state index in [1.54, 1.807) is 41.3 Å². The lowest BCUT2D eigenvalue weighted by Gasteiger charge is -2.13. The molecule has 0 fully saturated rings. The Kier molecular flexibility index (Phi) is 5.11. The number of aromatic nitrogens is 1. The van der Waals surface area contributed by atoms with E-state index in [4.69, 9.17) is 17.0 Å². The Hall–Kier alpha value is -2.42. The molecule has 0 atom stereocenters. The molecule has 0 bridgehead atoms. The van der Waals surface area contributed by atoms with E-state index in [1.807, 2.05) is 18.2 Å². The van der Waals surface area contributed by atoms with Crippen molar-refractivity contribution in [3.63, 3.8) is 0 Å². The maximum Gasteiger partial charge on any atom is 0.261 e. The molecule has 1 aliphatic rings. The number of benzene rings is 2. The zero-order valence-corrected chi connectivity index (χ0v) is 16.8. The van der Waals surface area contributed by atoms with Crippen LogP contribution in [-0.2, 0) is 5.75 Å². The zero-order chi connectivity index (χ0) is 18.8. The highest BCUT2D eigenvalue weighted by atomic mass is 32.2. The summed E-state index contributed by atoms with van der Waals surface area (Å²) in [5, 5.41) is 6.58. The first-order valence-corrected chi connectivity index (χ1v) is 10.3. The van der Waals surface area contributed by atoms with Crippen molar-refractivity contribution in [2.75, 3.05) is 12.4 Å². The Morgan fingerprint density at radius 1 is 1.19 bits per heavy atom. The molecule has 1 amide bonds. The normalized spacial score (nSPS) is 11.9. The summed E-state index contributed by atoms with van der Waals surface area (Å²) >= 11 is 8.64. The number of methoxy groups -OCH3 is 1. The minimum absolute atomic E-state index is 0.206. The van der Waals surface area contributed by atoms with Crippen molar-refractivity contribution in [1.29, 1.82) is 0 Å². The quantitative estimate of drug-likeness (QED) is 0.614. The van der Waals surface area contributed by atoms with E-state index in [2.05, 4.69) is 27.8 Å². The van der Waals surface area contributed by atoms with Gasteiger partial charge in [0.05, 0.1) is 18.4 Å². The first-order chi connectivity index (χ1) is 13.2. The number of rotatable bonds is 3. The van der Waals surface area contributed by atoms with Crippen LogP contribution < -0.4 is 15.4 Å². The number of thiocarbonyl (C=S) groups is 1. The Morgan fingerprint density at radius 2 is 1.96 bits per heavy atom. The van der Waals surface area contributed by atoms with Crippen molar-refractivity contribution in [3.8, 4) is 17.0 Å². The Bertz CT molecular complexity index is 1030. The topological polar surface area (TPSA) is 63.2 Å². The Labute approximate surface area is 170 Å². The summed E-state index contributed by atoms with van der Waals surface area (Å²) in [6.45, 7) is 0. The van der Waals surface area contributed by atoms with E-state index in [-0.39, 0.29) is 11.0 Å². The molecule has 4 rings (SSSR count). The van der Waals surface area contributed by atoms with Crippen LogP contribution in [0.3, 0.4) is 0 Å². The van der Waals surface area contributed by atoms with Crippen LogP contribution in [0.2, 0.25) is 0 Å². The molecular formula is C19H15N3O2S3. The molecule has 27 heavy (non-hydrogen) atoms. The van der Waals surface area contributed by atoms with Gasteiger partial charge in [-0.2, -0.15) is 0 Å². The number of nitrogens with one attached hydrogen (secondary N) is 2. The van der Waals surface area contributed by atoms with Crippen molar-refractivity contribution in [2.45, 2.75) is 10.6 Å². The number of amides is 1. The molecule has 2 aromatic carbocycles. The molecule has 0 aliphatic carbocycles. The number of nitrogens with zero attached hydrogens (tertiary/aromatic N) is 1. The molecule has 0 saturated heterocycles. The number of carbonyl (C=O) groups is 1. The lowest BCUT2D eigenvalue weighted by Crippen LogP contribution is -2.34. The zero-order valence-electron chi connectivity index (χ0n) is 14.3. The average molecular weight is 414 g/mol. The number of thioether (sulfide) groups is 1. The summed E-state index contributed by atoms with van der Waals surface area (Å²) in [4.78, 5) is 19.5. The predicted molar refractivity (Wildman–Crippen MR) is 114 cm³/mol. The third kappa shape index (κ3) is 3.69. The first kappa shape index (κ1) is 18.0. The van der Waals surface area contributed by atoms with Gasteiger partial charge < -0.3 is 10.1 Å². The van der Waals surface area contributed by atoms with Gasteiger partial charge in [0.2, 0.25) is 0 Å². The minimum atomic E-state index is -0.327. The van der Waals surface area contributed by atoms with E-state index >= 15 is 0 Å². The second-order valence-corrected chi connectivity index (χ2v) is 8.19. The van der Waals surface area contributed by atoms with Gasteiger partial charge in [-0.15, -0.1) is 23.1 Å². The van der Waals surface area contributed by atoms with E-state index < -0.39 is 0 Å². The number of para-hydroxylation sites is 1. The Balaban J connectivity index is 1.49. The van der Waals surface area contributed by atoms with Crippen molar-refractivity contribution in [1.82, 2.24) is 10.3 Å². The number of anilines is 1. The predicted octanol–water partition coefficient (Wildman–Crippen LogP) is 4.55. The monoisotopic (exact) mass is 413 g/mol. The third-order valence-corrected chi connectivity index (χ3v) is 6.46. The molecule has 0 saturated carbocycles. The number of thiazole rings is 1. The maximum atomic E-state index is 12.4. The third-order valence-electron chi connectivity index (χ3n) is 4.00. The van der Waals surface area contributed by atoms with Crippen LogP contribution in [0.1, 0.15) is 15.2 Å². The highest BCUT2D eigenvalue weighted by molar-refractivity contribution is 7.98. The second kappa shape index (κ2) is 7.67. The summed E-state index contributed by atoms with van der Waals surface area (Å²) in [6.07, 6.45) is 0. The van der Waals surface area contributed by atoms with Gasteiger partial charge in [0.25, 0.3) is 5.91 Å². The number of hydrogen-bond donors (Lipinski definition) is 2. The summed E-state index contributed by atoms with van der Waals surface area (Å²) in [6, 6.07) is 15.2. The van der Waals surface area contributed by atoms with Crippen LogP contribution in [0.5, 0.6) is 5.75 Å². The van der Waals surface area contributed by atoms with Gasteiger partial charge in [0.1, 0.15) is 5.75 Å². The van der Waals surface area contributed by atoms with Crippen molar-refractivity contribution >= 4 is 51.5 Å². The van der Waals surface area contributed by atoms with Gasteiger partial charge in [-0.1, -0.05) is 30.3 Å². The fourth-order valence-corrected chi connectivity index (χ4v) is 5.14. The van der Waals surface area contributed by atoms with Gasteiger partial charge in [-0.05, 0) is 30.4 Å². The molecule has 3 aromatic rings. The second-order valence-electron chi connectivity index (χ2n) is 5.68. The van der Waals surface area contributed by atoms with Gasteiger partial charge in [-0.3, -0.25) is 10.1 Å². The van der Waals surface area contributed by atoms with Crippen LogP contribution in [0, 0.1) is 0 Å². The summed E-state index contributed by atoms with van der Waals surface area (Å²) < 4.78 is 5.22. The molecule has 5 nitrogen and oxygen atoms in total. The summed E-state index contributed by atoms with van der Waals surface area (Å²) in [5.74, 6) is 1.05. The van der Waals surface area contributed by atoms with Crippen LogP contribution in [-0.4, -0.2) is 23.1 Å². The lowest BCUT2D eigenvalue weighted by molar-refractivity contribution is 0.0975. The minimum Gasteiger partial charge on any atom is -0.496 e. The number of hydrogen-bond acceptors (Lipinski definition) is 6. The molecule has 2 N–H and O–H groups in total. The molecular weight excluding hydrogens is 398 g/mol. The maximum absolute atomic E-state index is 12.4. The fraction of sp³-hybridized carbons (Fsp3) is 0.105. The molecule has 0 spiro atoms. The van der Waals surface area contributed by atoms with Gasteiger partial charge in [0.15, 0.2) is 10.2 Å².